The molecule has 2 heterocycles. The minimum atomic E-state index is -0.477. The predicted octanol–water partition coefficient (Wildman–Crippen LogP) is 0.267. The molecule has 0 aromatic carbocycles. The summed E-state index contributed by atoms with van der Waals surface area (Å²) in [7, 11) is 1.68. The molecule has 2 unspecified atom stereocenters. The van der Waals surface area contributed by atoms with Gasteiger partial charge < -0.3 is 10.2 Å². The average Bonchev–Trinajstić information content (AvgIpc) is 2.88. The molecule has 8 heteroatoms. The quantitative estimate of drug-likeness (QED) is 0.768. The highest BCUT2D eigenvalue weighted by Crippen LogP contribution is 2.17. The van der Waals surface area contributed by atoms with Crippen LogP contribution in [0.4, 0.5) is 4.79 Å². The van der Waals surface area contributed by atoms with E-state index < -0.39 is 5.69 Å². The topological polar surface area (TPSA) is 82.5 Å². The molecule has 2 aliphatic rings. The van der Waals surface area contributed by atoms with E-state index >= 15 is 0 Å². The van der Waals surface area contributed by atoms with Gasteiger partial charge in [-0.2, -0.15) is 0 Å². The minimum absolute atomic E-state index is 0.0484. The van der Waals surface area contributed by atoms with E-state index in [1.165, 1.54) is 4.90 Å². The molecule has 7 nitrogen and oxygen atoms in total. The normalized spacial score (nSPS) is 21.9. The highest BCUT2D eigenvalue weighted by atomic mass is 35.5. The summed E-state index contributed by atoms with van der Waals surface area (Å²) < 4.78 is 1.11. The second-order valence-electron chi connectivity index (χ2n) is 5.96. The first-order valence-corrected chi connectivity index (χ1v) is 8.31. The van der Waals surface area contributed by atoms with Crippen LogP contribution < -0.4 is 21.8 Å². The van der Waals surface area contributed by atoms with E-state index in [0.29, 0.717) is 23.8 Å². The van der Waals surface area contributed by atoms with Crippen molar-refractivity contribution in [3.63, 3.8) is 0 Å². The molecule has 0 saturated carbocycles. The maximum absolute atomic E-state index is 12.6. The fraction of sp³-hybridized carbons (Fsp3) is 0.438. The lowest BCUT2D eigenvalue weighted by Crippen LogP contribution is -2.47. The van der Waals surface area contributed by atoms with Crippen molar-refractivity contribution in [2.45, 2.75) is 31.3 Å². The van der Waals surface area contributed by atoms with Crippen LogP contribution >= 0.6 is 11.6 Å². The molecule has 0 spiro atoms. The van der Waals surface area contributed by atoms with E-state index in [4.69, 9.17) is 11.6 Å². The number of nitrogens with zero attached hydrogens (tertiary/aromatic N) is 3. The highest BCUT2D eigenvalue weighted by Gasteiger charge is 2.18. The van der Waals surface area contributed by atoms with Crippen molar-refractivity contribution in [2.24, 2.45) is 4.99 Å². The third-order valence-corrected chi connectivity index (χ3v) is 4.40. The molecule has 0 bridgehead atoms. The Hall–Kier alpha value is -2.28. The molecular formula is C16H20ClN5O2. The SMILES string of the molecule is CC1N=c2[nH]c(=O)n(C(=O)N(C)CCC3=CCC(Cl)C=C3)c2=CN1. The summed E-state index contributed by atoms with van der Waals surface area (Å²) in [5.74, 6) is 0. The van der Waals surface area contributed by atoms with Gasteiger partial charge in [-0.3, -0.25) is 4.98 Å². The number of hydrogen-bond donors (Lipinski definition) is 2. The van der Waals surface area contributed by atoms with E-state index in [1.54, 1.807) is 13.2 Å². The molecule has 1 aliphatic heterocycles. The van der Waals surface area contributed by atoms with Crippen LogP contribution in [0.2, 0.25) is 0 Å². The number of H-pyrrole nitrogens is 1. The van der Waals surface area contributed by atoms with Gasteiger partial charge in [0, 0.05) is 19.8 Å². The Labute approximate surface area is 144 Å². The Bertz CT molecular complexity index is 879. The lowest BCUT2D eigenvalue weighted by molar-refractivity contribution is 0.209. The summed E-state index contributed by atoms with van der Waals surface area (Å²) in [5, 5.41) is 3.50. The van der Waals surface area contributed by atoms with Crippen LogP contribution in [-0.2, 0) is 0 Å². The number of fused-ring (bicyclic) bond motifs is 1. The van der Waals surface area contributed by atoms with E-state index in [9.17, 15) is 9.59 Å². The summed E-state index contributed by atoms with van der Waals surface area (Å²) >= 11 is 6.00. The second kappa shape index (κ2) is 6.68. The summed E-state index contributed by atoms with van der Waals surface area (Å²) in [5.41, 5.74) is 1.10. The average molecular weight is 350 g/mol. The van der Waals surface area contributed by atoms with Gasteiger partial charge in [0.05, 0.1) is 5.38 Å². The lowest BCUT2D eigenvalue weighted by Gasteiger charge is -2.19. The van der Waals surface area contributed by atoms with Gasteiger partial charge in [-0.25, -0.2) is 19.1 Å². The smallest absolute Gasteiger partial charge is 0.336 e. The van der Waals surface area contributed by atoms with Crippen molar-refractivity contribution in [1.29, 1.82) is 0 Å². The number of imidazole rings is 1. The van der Waals surface area contributed by atoms with E-state index in [2.05, 4.69) is 21.4 Å². The number of aromatic nitrogens is 2. The maximum atomic E-state index is 12.6. The first kappa shape index (κ1) is 16.6. The van der Waals surface area contributed by atoms with Gasteiger partial charge in [-0.15, -0.1) is 11.6 Å². The van der Waals surface area contributed by atoms with Gasteiger partial charge in [0.2, 0.25) is 0 Å². The van der Waals surface area contributed by atoms with Gasteiger partial charge in [0.1, 0.15) is 11.5 Å². The number of alkyl halides is 1. The number of carbonyl (C=O) groups excluding carboxylic acids is 1. The number of carbonyl (C=O) groups is 1. The third kappa shape index (κ3) is 3.31. The fourth-order valence-electron chi connectivity index (χ4n) is 2.68. The molecular weight excluding hydrogens is 330 g/mol. The van der Waals surface area contributed by atoms with Gasteiger partial charge in [-0.1, -0.05) is 23.8 Å². The van der Waals surface area contributed by atoms with Crippen LogP contribution in [0, 0.1) is 0 Å². The van der Waals surface area contributed by atoms with E-state index in [1.807, 2.05) is 19.1 Å². The number of allylic oxidation sites excluding steroid dienone is 3. The first-order valence-electron chi connectivity index (χ1n) is 7.87. The molecule has 0 saturated heterocycles. The molecule has 0 radical (unpaired) electrons. The monoisotopic (exact) mass is 349 g/mol. The number of nitrogens with one attached hydrogen (secondary N) is 2. The van der Waals surface area contributed by atoms with Crippen LogP contribution in [0.25, 0.3) is 6.20 Å². The zero-order valence-corrected chi connectivity index (χ0v) is 14.4. The Morgan fingerprint density at radius 2 is 2.33 bits per heavy atom. The molecule has 0 fully saturated rings. The van der Waals surface area contributed by atoms with Gasteiger partial charge >= 0.3 is 11.7 Å². The predicted molar refractivity (Wildman–Crippen MR) is 92.4 cm³/mol. The number of hydrogen-bond acceptors (Lipinski definition) is 4. The number of rotatable bonds is 3. The molecule has 1 amide bonds. The number of halogens is 1. The molecule has 2 N–H and O–H groups in total. The van der Waals surface area contributed by atoms with Crippen molar-refractivity contribution in [3.8, 4) is 0 Å². The Morgan fingerprint density at radius 3 is 3.04 bits per heavy atom. The van der Waals surface area contributed by atoms with Crippen LogP contribution in [0.15, 0.2) is 33.6 Å². The molecule has 1 aliphatic carbocycles. The van der Waals surface area contributed by atoms with Crippen molar-refractivity contribution in [1.82, 2.24) is 19.8 Å². The molecule has 1 aromatic heterocycles. The maximum Gasteiger partial charge on any atom is 0.336 e. The van der Waals surface area contributed by atoms with Crippen LogP contribution in [-0.4, -0.2) is 45.6 Å². The Kier molecular flexibility index (Phi) is 4.62. The van der Waals surface area contributed by atoms with Gasteiger partial charge in [0.15, 0.2) is 5.49 Å². The zero-order valence-electron chi connectivity index (χ0n) is 13.6. The molecule has 3 rings (SSSR count). The van der Waals surface area contributed by atoms with E-state index in [0.717, 1.165) is 16.6 Å². The summed E-state index contributed by atoms with van der Waals surface area (Å²) in [6, 6.07) is -0.379. The summed E-state index contributed by atoms with van der Waals surface area (Å²) in [4.78, 5) is 33.2. The number of amides is 1. The van der Waals surface area contributed by atoms with E-state index in [-0.39, 0.29) is 17.6 Å². The fourth-order valence-corrected chi connectivity index (χ4v) is 2.84. The van der Waals surface area contributed by atoms with Crippen LogP contribution in [0.3, 0.4) is 0 Å². The molecule has 1 aromatic rings. The largest absolute Gasteiger partial charge is 0.368 e. The lowest BCUT2D eigenvalue weighted by atomic mass is 10.0. The Morgan fingerprint density at radius 1 is 1.54 bits per heavy atom. The number of aromatic amines is 1. The minimum Gasteiger partial charge on any atom is -0.368 e. The van der Waals surface area contributed by atoms with Gasteiger partial charge in [-0.05, 0) is 19.8 Å². The highest BCUT2D eigenvalue weighted by molar-refractivity contribution is 6.22. The second-order valence-corrected chi connectivity index (χ2v) is 6.52. The standard InChI is InChI=1S/C16H20ClN5O2/c1-10-18-9-13-14(19-10)20-15(23)22(13)16(24)21(2)8-7-11-3-5-12(17)6-4-11/h3-5,9-10,12,18H,6-8H2,1-2H3,(H,19,20,23). The molecule has 128 valence electrons. The summed E-state index contributed by atoms with van der Waals surface area (Å²) in [6.07, 6.45) is 9.05. The van der Waals surface area contributed by atoms with Crippen molar-refractivity contribution < 1.29 is 4.79 Å². The van der Waals surface area contributed by atoms with Crippen LogP contribution in [0.1, 0.15) is 19.8 Å². The van der Waals surface area contributed by atoms with Crippen molar-refractivity contribution in [3.05, 3.63) is 45.1 Å². The first-order chi connectivity index (χ1) is 11.5. The van der Waals surface area contributed by atoms with Gasteiger partial charge in [0.25, 0.3) is 0 Å². The molecule has 24 heavy (non-hydrogen) atoms. The zero-order chi connectivity index (χ0) is 17.3. The van der Waals surface area contributed by atoms with Crippen molar-refractivity contribution >= 4 is 23.8 Å². The molecule has 2 atom stereocenters. The van der Waals surface area contributed by atoms with Crippen molar-refractivity contribution in [2.75, 3.05) is 13.6 Å². The van der Waals surface area contributed by atoms with Crippen LogP contribution in [0.5, 0.6) is 0 Å². The Balaban J connectivity index is 1.75. The summed E-state index contributed by atoms with van der Waals surface area (Å²) in [6.45, 7) is 2.37. The third-order valence-electron chi connectivity index (χ3n) is 4.07.